The molecule has 6 nitrogen and oxygen atoms in total. The molecule has 2 heterocycles. The number of Topliss-reactive ketones (excluding diaryl/α,β-unsaturated/α-hetero) is 1. The molecule has 0 aliphatic carbocycles. The Hall–Kier alpha value is -3.48. The van der Waals surface area contributed by atoms with Gasteiger partial charge in [-0.05, 0) is 61.5 Å². The van der Waals surface area contributed by atoms with E-state index in [1.807, 2.05) is 30.3 Å². The fourth-order valence-electron chi connectivity index (χ4n) is 3.32. The van der Waals surface area contributed by atoms with Crippen molar-refractivity contribution in [3.63, 3.8) is 0 Å². The number of aromatic nitrogens is 2. The quantitative estimate of drug-likeness (QED) is 0.666. The number of rotatable bonds is 5. The zero-order valence-corrected chi connectivity index (χ0v) is 16.2. The van der Waals surface area contributed by atoms with Crippen molar-refractivity contribution in [2.75, 3.05) is 41.3 Å². The van der Waals surface area contributed by atoms with E-state index in [1.165, 1.54) is 12.1 Å². The number of carbonyl (C=O) groups excluding carboxylic acids is 1. The van der Waals surface area contributed by atoms with Crippen molar-refractivity contribution in [2.24, 2.45) is 0 Å². The molecule has 0 unspecified atom stereocenters. The van der Waals surface area contributed by atoms with Crippen molar-refractivity contribution in [3.8, 4) is 0 Å². The highest BCUT2D eigenvalue weighted by Gasteiger charge is 2.19. The molecule has 4 rings (SSSR count). The number of benzene rings is 2. The van der Waals surface area contributed by atoms with E-state index in [-0.39, 0.29) is 11.6 Å². The number of anilines is 4. The van der Waals surface area contributed by atoms with Crippen molar-refractivity contribution in [3.05, 3.63) is 72.2 Å². The number of halogens is 1. The summed E-state index contributed by atoms with van der Waals surface area (Å²) in [6.07, 6.45) is 1.74. The number of piperazine rings is 1. The Morgan fingerprint density at radius 1 is 0.931 bits per heavy atom. The SMILES string of the molecule is CC(=O)c1ccc(Nc2ccnc(N3CCN(c4ccc(F)cc4)CC3)n2)cc1. The fourth-order valence-corrected chi connectivity index (χ4v) is 3.32. The lowest BCUT2D eigenvalue weighted by atomic mass is 10.1. The van der Waals surface area contributed by atoms with Crippen molar-refractivity contribution in [1.82, 2.24) is 9.97 Å². The minimum Gasteiger partial charge on any atom is -0.368 e. The van der Waals surface area contributed by atoms with Crippen LogP contribution in [0.4, 0.5) is 27.5 Å². The molecule has 0 bridgehead atoms. The van der Waals surface area contributed by atoms with Gasteiger partial charge in [-0.25, -0.2) is 9.37 Å². The molecule has 148 valence electrons. The van der Waals surface area contributed by atoms with E-state index < -0.39 is 0 Å². The van der Waals surface area contributed by atoms with Crippen LogP contribution >= 0.6 is 0 Å². The van der Waals surface area contributed by atoms with Gasteiger partial charge < -0.3 is 15.1 Å². The number of nitrogens with one attached hydrogen (secondary N) is 1. The molecular formula is C22H22FN5O. The molecule has 1 fully saturated rings. The first-order chi connectivity index (χ1) is 14.1. The molecule has 2 aromatic carbocycles. The van der Waals surface area contributed by atoms with E-state index in [0.717, 1.165) is 37.6 Å². The third kappa shape index (κ3) is 4.51. The smallest absolute Gasteiger partial charge is 0.227 e. The van der Waals surface area contributed by atoms with Crippen LogP contribution in [-0.4, -0.2) is 41.9 Å². The van der Waals surface area contributed by atoms with Crippen LogP contribution in [0, 0.1) is 5.82 Å². The Morgan fingerprint density at radius 3 is 2.24 bits per heavy atom. The van der Waals surface area contributed by atoms with Gasteiger partial charge in [0.15, 0.2) is 5.78 Å². The second-order valence-electron chi connectivity index (χ2n) is 6.95. The number of carbonyl (C=O) groups is 1. The van der Waals surface area contributed by atoms with Crippen LogP contribution in [0.1, 0.15) is 17.3 Å². The van der Waals surface area contributed by atoms with Crippen molar-refractivity contribution < 1.29 is 9.18 Å². The summed E-state index contributed by atoms with van der Waals surface area (Å²) in [5.41, 5.74) is 2.56. The molecule has 3 aromatic rings. The Morgan fingerprint density at radius 2 is 1.59 bits per heavy atom. The topological polar surface area (TPSA) is 61.4 Å². The second kappa shape index (κ2) is 8.26. The molecule has 1 saturated heterocycles. The van der Waals surface area contributed by atoms with Gasteiger partial charge in [0.25, 0.3) is 0 Å². The maximum absolute atomic E-state index is 13.1. The van der Waals surface area contributed by atoms with Crippen LogP contribution in [0.3, 0.4) is 0 Å². The monoisotopic (exact) mass is 391 g/mol. The van der Waals surface area contributed by atoms with Crippen LogP contribution in [-0.2, 0) is 0 Å². The molecule has 7 heteroatoms. The molecule has 0 spiro atoms. The summed E-state index contributed by atoms with van der Waals surface area (Å²) in [5, 5.41) is 3.25. The number of hydrogen-bond acceptors (Lipinski definition) is 6. The van der Waals surface area contributed by atoms with Gasteiger partial charge >= 0.3 is 0 Å². The molecule has 1 aliphatic rings. The van der Waals surface area contributed by atoms with E-state index >= 15 is 0 Å². The van der Waals surface area contributed by atoms with E-state index in [9.17, 15) is 9.18 Å². The van der Waals surface area contributed by atoms with E-state index in [0.29, 0.717) is 17.3 Å². The van der Waals surface area contributed by atoms with Gasteiger partial charge in [0.1, 0.15) is 11.6 Å². The third-order valence-electron chi connectivity index (χ3n) is 4.96. The Labute approximate surface area is 169 Å². The summed E-state index contributed by atoms with van der Waals surface area (Å²) in [6, 6.07) is 15.7. The summed E-state index contributed by atoms with van der Waals surface area (Å²) in [4.78, 5) is 24.8. The van der Waals surface area contributed by atoms with Crippen molar-refractivity contribution in [2.45, 2.75) is 6.92 Å². The minimum absolute atomic E-state index is 0.0423. The number of hydrogen-bond donors (Lipinski definition) is 1. The van der Waals surface area contributed by atoms with Gasteiger partial charge in [0.2, 0.25) is 5.95 Å². The highest BCUT2D eigenvalue weighted by atomic mass is 19.1. The molecule has 1 aliphatic heterocycles. The second-order valence-corrected chi connectivity index (χ2v) is 6.95. The lowest BCUT2D eigenvalue weighted by Gasteiger charge is -2.36. The summed E-state index contributed by atoms with van der Waals surface area (Å²) >= 11 is 0. The lowest BCUT2D eigenvalue weighted by Crippen LogP contribution is -2.47. The molecule has 1 aromatic heterocycles. The first-order valence-electron chi connectivity index (χ1n) is 9.55. The van der Waals surface area contributed by atoms with E-state index in [1.54, 1.807) is 25.3 Å². The Bertz CT molecular complexity index is 983. The average Bonchev–Trinajstić information content (AvgIpc) is 2.75. The zero-order chi connectivity index (χ0) is 20.2. The largest absolute Gasteiger partial charge is 0.368 e. The Balaban J connectivity index is 1.40. The Kier molecular flexibility index (Phi) is 5.37. The van der Waals surface area contributed by atoms with Crippen LogP contribution in [0.2, 0.25) is 0 Å². The fraction of sp³-hybridized carbons (Fsp3) is 0.227. The van der Waals surface area contributed by atoms with Gasteiger partial charge in [-0.3, -0.25) is 4.79 Å². The highest BCUT2D eigenvalue weighted by molar-refractivity contribution is 5.94. The van der Waals surface area contributed by atoms with E-state index in [2.05, 4.69) is 25.1 Å². The van der Waals surface area contributed by atoms with Crippen molar-refractivity contribution >= 4 is 28.9 Å². The highest BCUT2D eigenvalue weighted by Crippen LogP contribution is 2.21. The van der Waals surface area contributed by atoms with Crippen LogP contribution < -0.4 is 15.1 Å². The number of ketones is 1. The van der Waals surface area contributed by atoms with Gasteiger partial charge in [-0.2, -0.15) is 4.98 Å². The molecular weight excluding hydrogens is 369 g/mol. The summed E-state index contributed by atoms with van der Waals surface area (Å²) in [7, 11) is 0. The van der Waals surface area contributed by atoms with Gasteiger partial charge in [-0.15, -0.1) is 0 Å². The van der Waals surface area contributed by atoms with Gasteiger partial charge in [0, 0.05) is 49.3 Å². The summed E-state index contributed by atoms with van der Waals surface area (Å²) in [6.45, 7) is 4.76. The van der Waals surface area contributed by atoms with E-state index in [4.69, 9.17) is 0 Å². The molecule has 0 amide bonds. The number of nitrogens with zero attached hydrogens (tertiary/aromatic N) is 4. The molecule has 0 radical (unpaired) electrons. The normalized spacial score (nSPS) is 14.0. The third-order valence-corrected chi connectivity index (χ3v) is 4.96. The molecule has 29 heavy (non-hydrogen) atoms. The van der Waals surface area contributed by atoms with Crippen molar-refractivity contribution in [1.29, 1.82) is 0 Å². The summed E-state index contributed by atoms with van der Waals surface area (Å²) in [5.74, 6) is 1.20. The molecule has 1 N–H and O–H groups in total. The maximum atomic E-state index is 13.1. The average molecular weight is 391 g/mol. The van der Waals surface area contributed by atoms with Crippen LogP contribution in [0.15, 0.2) is 60.8 Å². The minimum atomic E-state index is -0.221. The van der Waals surface area contributed by atoms with Gasteiger partial charge in [-0.1, -0.05) is 0 Å². The first-order valence-corrected chi connectivity index (χ1v) is 9.55. The van der Waals surface area contributed by atoms with Gasteiger partial charge in [0.05, 0.1) is 0 Å². The standard InChI is InChI=1S/C22H22FN5O/c1-16(29)17-2-6-19(7-3-17)25-21-10-11-24-22(26-21)28-14-12-27(13-15-28)20-8-4-18(23)5-9-20/h2-11H,12-15H2,1H3,(H,24,25,26). The van der Waals surface area contributed by atoms with Crippen LogP contribution in [0.25, 0.3) is 0 Å². The predicted octanol–water partition coefficient (Wildman–Crippen LogP) is 3.89. The zero-order valence-electron chi connectivity index (χ0n) is 16.2. The lowest BCUT2D eigenvalue weighted by molar-refractivity contribution is 0.101. The predicted molar refractivity (Wildman–Crippen MR) is 113 cm³/mol. The molecule has 0 atom stereocenters. The maximum Gasteiger partial charge on any atom is 0.227 e. The molecule has 0 saturated carbocycles. The van der Waals surface area contributed by atoms with Crippen LogP contribution in [0.5, 0.6) is 0 Å². The summed E-state index contributed by atoms with van der Waals surface area (Å²) < 4.78 is 13.1. The first kappa shape index (κ1) is 18.9.